The number of carbonyl (C=O) groups is 1. The van der Waals surface area contributed by atoms with Gasteiger partial charge >= 0.3 is 0 Å². The molecule has 0 spiro atoms. The van der Waals surface area contributed by atoms with Crippen LogP contribution in [0.2, 0.25) is 5.02 Å². The van der Waals surface area contributed by atoms with Gasteiger partial charge in [0.25, 0.3) is 5.91 Å². The van der Waals surface area contributed by atoms with Crippen LogP contribution in [0.3, 0.4) is 0 Å². The van der Waals surface area contributed by atoms with Crippen LogP contribution in [0.4, 0.5) is 10.8 Å². The number of rotatable bonds is 3. The van der Waals surface area contributed by atoms with Crippen molar-refractivity contribution in [1.29, 1.82) is 0 Å². The Kier molecular flexibility index (Phi) is 4.30. The van der Waals surface area contributed by atoms with Gasteiger partial charge in [-0.1, -0.05) is 22.9 Å². The minimum absolute atomic E-state index is 0.204. The van der Waals surface area contributed by atoms with Gasteiger partial charge in [0.2, 0.25) is 0 Å². The van der Waals surface area contributed by atoms with Crippen LogP contribution in [0.25, 0.3) is 10.2 Å². The Balaban J connectivity index is 1.90. The fourth-order valence-corrected chi connectivity index (χ4v) is 3.58. The van der Waals surface area contributed by atoms with Crippen LogP contribution in [-0.4, -0.2) is 10.9 Å². The molecule has 3 rings (SSSR count). The van der Waals surface area contributed by atoms with Gasteiger partial charge < -0.3 is 5.32 Å². The van der Waals surface area contributed by atoms with Crippen molar-refractivity contribution in [3.8, 4) is 0 Å². The van der Waals surface area contributed by atoms with Crippen molar-refractivity contribution >= 4 is 65.8 Å². The molecule has 1 aromatic heterocycles. The van der Waals surface area contributed by atoms with Crippen LogP contribution in [0, 0.1) is 0 Å². The van der Waals surface area contributed by atoms with E-state index < -0.39 is 0 Å². The normalized spacial score (nSPS) is 10.7. The summed E-state index contributed by atoms with van der Waals surface area (Å²) in [6.07, 6.45) is 0. The average Bonchev–Trinajstić information content (AvgIpc) is 2.91. The topological polar surface area (TPSA) is 80.0 Å². The number of hydrogen-bond donors (Lipinski definition) is 3. The van der Waals surface area contributed by atoms with Crippen LogP contribution < -0.4 is 16.6 Å². The first-order valence-electron chi connectivity index (χ1n) is 6.20. The van der Waals surface area contributed by atoms with Gasteiger partial charge in [0.1, 0.15) is 0 Å². The molecule has 8 heteroatoms. The molecule has 22 heavy (non-hydrogen) atoms. The fraction of sp³-hybridized carbons (Fsp3) is 0. The van der Waals surface area contributed by atoms with E-state index >= 15 is 0 Å². The molecular weight excluding hydrogens is 388 g/mol. The fourth-order valence-electron chi connectivity index (χ4n) is 1.93. The van der Waals surface area contributed by atoms with Crippen LogP contribution in [-0.2, 0) is 0 Å². The lowest BCUT2D eigenvalue weighted by atomic mass is 10.2. The summed E-state index contributed by atoms with van der Waals surface area (Å²) in [4.78, 5) is 16.5. The quantitative estimate of drug-likeness (QED) is 0.456. The van der Waals surface area contributed by atoms with Gasteiger partial charge in [0.15, 0.2) is 5.13 Å². The van der Waals surface area contributed by atoms with Crippen molar-refractivity contribution in [1.82, 2.24) is 4.98 Å². The SMILES string of the molecule is NNc1nc2c(Br)cc(NC(=O)c3ccc(Cl)cc3)cc2s1. The van der Waals surface area contributed by atoms with E-state index in [-0.39, 0.29) is 5.91 Å². The number of benzene rings is 2. The predicted molar refractivity (Wildman–Crippen MR) is 94.5 cm³/mol. The number of hydrogen-bond acceptors (Lipinski definition) is 5. The lowest BCUT2D eigenvalue weighted by Gasteiger charge is -2.06. The molecule has 0 saturated carbocycles. The molecule has 0 aliphatic rings. The minimum Gasteiger partial charge on any atom is -0.322 e. The number of anilines is 2. The van der Waals surface area contributed by atoms with Crippen molar-refractivity contribution in [2.75, 3.05) is 10.7 Å². The molecule has 1 heterocycles. The van der Waals surface area contributed by atoms with Gasteiger partial charge in [-0.15, -0.1) is 0 Å². The molecule has 0 aliphatic heterocycles. The number of carbonyl (C=O) groups excluding carboxylic acids is 1. The molecule has 4 N–H and O–H groups in total. The molecule has 1 amide bonds. The Morgan fingerprint density at radius 3 is 2.68 bits per heavy atom. The molecule has 0 aliphatic carbocycles. The summed E-state index contributed by atoms with van der Waals surface area (Å²) >= 11 is 10.7. The highest BCUT2D eigenvalue weighted by molar-refractivity contribution is 9.10. The lowest BCUT2D eigenvalue weighted by molar-refractivity contribution is 0.102. The van der Waals surface area contributed by atoms with Crippen molar-refractivity contribution < 1.29 is 4.79 Å². The van der Waals surface area contributed by atoms with E-state index in [4.69, 9.17) is 17.4 Å². The molecule has 2 aromatic carbocycles. The zero-order valence-corrected chi connectivity index (χ0v) is 14.2. The Bertz CT molecular complexity index is 850. The maximum atomic E-state index is 12.2. The summed E-state index contributed by atoms with van der Waals surface area (Å²) in [5, 5.41) is 4.05. The smallest absolute Gasteiger partial charge is 0.255 e. The molecular formula is C14H10BrClN4OS. The first-order valence-corrected chi connectivity index (χ1v) is 8.19. The summed E-state index contributed by atoms with van der Waals surface area (Å²) in [5.41, 5.74) is 4.52. The molecule has 0 unspecified atom stereocenters. The van der Waals surface area contributed by atoms with Crippen LogP contribution >= 0.6 is 38.9 Å². The van der Waals surface area contributed by atoms with E-state index in [1.54, 1.807) is 30.3 Å². The Morgan fingerprint density at radius 2 is 2.00 bits per heavy atom. The molecule has 112 valence electrons. The van der Waals surface area contributed by atoms with E-state index in [1.807, 2.05) is 6.07 Å². The van der Waals surface area contributed by atoms with Gasteiger partial charge in [0.05, 0.1) is 10.2 Å². The average molecular weight is 398 g/mol. The number of halogens is 2. The second-order valence-corrected chi connectivity index (χ2v) is 6.75. The third kappa shape index (κ3) is 3.07. The maximum Gasteiger partial charge on any atom is 0.255 e. The van der Waals surface area contributed by atoms with E-state index in [9.17, 15) is 4.79 Å². The van der Waals surface area contributed by atoms with Crippen LogP contribution in [0.15, 0.2) is 40.9 Å². The standard InChI is InChI=1S/C14H10BrClN4OS/c15-10-5-9(6-11-12(10)19-14(20-17)22-11)18-13(21)7-1-3-8(16)4-2-7/h1-6H,17H2,(H,18,21)(H,19,20). The first kappa shape index (κ1) is 15.2. The second kappa shape index (κ2) is 6.21. The summed E-state index contributed by atoms with van der Waals surface area (Å²) in [5.74, 6) is 5.17. The molecule has 5 nitrogen and oxygen atoms in total. The number of thiazole rings is 1. The Morgan fingerprint density at radius 1 is 1.27 bits per heavy atom. The van der Waals surface area contributed by atoms with Gasteiger partial charge in [-0.05, 0) is 52.3 Å². The van der Waals surface area contributed by atoms with Gasteiger partial charge in [-0.25, -0.2) is 10.8 Å². The molecule has 3 aromatic rings. The highest BCUT2D eigenvalue weighted by Gasteiger charge is 2.11. The van der Waals surface area contributed by atoms with E-state index in [2.05, 4.69) is 31.7 Å². The maximum absolute atomic E-state index is 12.2. The Hall–Kier alpha value is -1.67. The van der Waals surface area contributed by atoms with Gasteiger partial charge in [-0.2, -0.15) is 0 Å². The molecule has 0 atom stereocenters. The lowest BCUT2D eigenvalue weighted by Crippen LogP contribution is -2.11. The molecule has 0 saturated heterocycles. The number of aromatic nitrogens is 1. The number of hydrazine groups is 1. The molecule has 0 bridgehead atoms. The van der Waals surface area contributed by atoms with Crippen LogP contribution in [0.1, 0.15) is 10.4 Å². The van der Waals surface area contributed by atoms with E-state index in [0.29, 0.717) is 21.4 Å². The van der Waals surface area contributed by atoms with Crippen molar-refractivity contribution in [3.63, 3.8) is 0 Å². The number of nitrogens with one attached hydrogen (secondary N) is 2. The summed E-state index contributed by atoms with van der Waals surface area (Å²) in [7, 11) is 0. The van der Waals surface area contributed by atoms with Crippen LogP contribution in [0.5, 0.6) is 0 Å². The molecule has 0 fully saturated rings. The highest BCUT2D eigenvalue weighted by atomic mass is 79.9. The number of amides is 1. The zero-order valence-electron chi connectivity index (χ0n) is 11.1. The molecule has 0 radical (unpaired) electrons. The van der Waals surface area contributed by atoms with Crippen molar-refractivity contribution in [2.24, 2.45) is 5.84 Å². The van der Waals surface area contributed by atoms with Crippen molar-refractivity contribution in [2.45, 2.75) is 0 Å². The number of nitrogens with two attached hydrogens (primary N) is 1. The zero-order chi connectivity index (χ0) is 15.7. The summed E-state index contributed by atoms with van der Waals surface area (Å²) < 4.78 is 1.70. The number of fused-ring (bicyclic) bond motifs is 1. The monoisotopic (exact) mass is 396 g/mol. The predicted octanol–water partition coefficient (Wildman–Crippen LogP) is 4.25. The third-order valence-corrected chi connectivity index (χ3v) is 4.73. The number of nitrogen functional groups attached to an aromatic ring is 1. The third-order valence-electron chi connectivity index (χ3n) is 2.94. The second-order valence-electron chi connectivity index (χ2n) is 4.43. The van der Waals surface area contributed by atoms with E-state index in [1.165, 1.54) is 11.3 Å². The summed E-state index contributed by atoms with van der Waals surface area (Å²) in [6, 6.07) is 10.4. The van der Waals surface area contributed by atoms with Gasteiger partial charge in [-0.3, -0.25) is 10.2 Å². The largest absolute Gasteiger partial charge is 0.322 e. The number of nitrogens with zero attached hydrogens (tertiary/aromatic N) is 1. The van der Waals surface area contributed by atoms with E-state index in [0.717, 1.165) is 14.7 Å². The highest BCUT2D eigenvalue weighted by Crippen LogP contribution is 2.33. The van der Waals surface area contributed by atoms with Gasteiger partial charge in [0, 0.05) is 20.7 Å². The van der Waals surface area contributed by atoms with Crippen molar-refractivity contribution in [3.05, 3.63) is 51.5 Å². The Labute approximate surface area is 143 Å². The first-order chi connectivity index (χ1) is 10.6. The summed E-state index contributed by atoms with van der Waals surface area (Å²) in [6.45, 7) is 0. The minimum atomic E-state index is -0.204.